The molecule has 1 atom stereocenters. The summed E-state index contributed by atoms with van der Waals surface area (Å²) in [5, 5.41) is 3.87. The number of likely N-dealkylation sites (N-methyl/N-ethyl adjacent to an activating group) is 1. The van der Waals surface area contributed by atoms with Crippen molar-refractivity contribution < 1.29 is 4.79 Å². The molecular formula is C12H24N2OS. The summed E-state index contributed by atoms with van der Waals surface area (Å²) in [7, 11) is 0. The van der Waals surface area contributed by atoms with Crippen molar-refractivity contribution in [3.8, 4) is 0 Å². The molecule has 4 heteroatoms. The summed E-state index contributed by atoms with van der Waals surface area (Å²) in [5.74, 6) is 1.32. The van der Waals surface area contributed by atoms with Crippen LogP contribution in [0.1, 0.15) is 34.1 Å². The third-order valence-corrected chi connectivity index (χ3v) is 4.41. The number of nitrogens with one attached hydrogen (secondary N) is 1. The Morgan fingerprint density at radius 3 is 2.75 bits per heavy atom. The lowest BCUT2D eigenvalue weighted by Crippen LogP contribution is -2.56. The normalized spacial score (nSPS) is 22.2. The van der Waals surface area contributed by atoms with Crippen LogP contribution in [-0.4, -0.2) is 47.0 Å². The molecule has 94 valence electrons. The third kappa shape index (κ3) is 3.39. The molecule has 16 heavy (non-hydrogen) atoms. The number of rotatable bonds is 4. The maximum absolute atomic E-state index is 12.3. The van der Waals surface area contributed by atoms with Gasteiger partial charge in [0.1, 0.15) is 0 Å². The first-order valence-electron chi connectivity index (χ1n) is 6.17. The van der Waals surface area contributed by atoms with Gasteiger partial charge in [-0.05, 0) is 26.8 Å². The van der Waals surface area contributed by atoms with Crippen LogP contribution in [0.25, 0.3) is 0 Å². The highest BCUT2D eigenvalue weighted by Crippen LogP contribution is 2.22. The summed E-state index contributed by atoms with van der Waals surface area (Å²) in [6, 6.07) is 0. The predicted octanol–water partition coefficient (Wildman–Crippen LogP) is 1.73. The fourth-order valence-electron chi connectivity index (χ4n) is 2.06. The van der Waals surface area contributed by atoms with Crippen LogP contribution in [0.2, 0.25) is 0 Å². The van der Waals surface area contributed by atoms with Gasteiger partial charge in [0, 0.05) is 24.1 Å². The Balaban J connectivity index is 2.59. The molecule has 1 N–H and O–H groups in total. The minimum Gasteiger partial charge on any atom is -0.339 e. The van der Waals surface area contributed by atoms with Crippen LogP contribution >= 0.6 is 11.8 Å². The van der Waals surface area contributed by atoms with E-state index in [1.807, 2.05) is 37.4 Å². The molecule has 0 spiro atoms. The SMILES string of the molecule is CCNC(C)(C)C(=O)N1CCSC(CC)C1. The zero-order valence-electron chi connectivity index (χ0n) is 10.9. The smallest absolute Gasteiger partial charge is 0.242 e. The average Bonchev–Trinajstić information content (AvgIpc) is 2.28. The molecule has 1 amide bonds. The second kappa shape index (κ2) is 5.92. The minimum atomic E-state index is -0.422. The number of carbonyl (C=O) groups excluding carboxylic acids is 1. The molecule has 0 aromatic rings. The van der Waals surface area contributed by atoms with Gasteiger partial charge >= 0.3 is 0 Å². The number of thioether (sulfide) groups is 1. The van der Waals surface area contributed by atoms with E-state index in [0.717, 1.165) is 31.8 Å². The highest BCUT2D eigenvalue weighted by atomic mass is 32.2. The standard InChI is InChI=1S/C12H24N2OS/c1-5-10-9-14(7-8-16-10)11(15)12(3,4)13-6-2/h10,13H,5-9H2,1-4H3. The third-order valence-electron chi connectivity index (χ3n) is 3.03. The largest absolute Gasteiger partial charge is 0.339 e. The maximum Gasteiger partial charge on any atom is 0.242 e. The second-order valence-electron chi connectivity index (χ2n) is 4.81. The molecule has 1 fully saturated rings. The zero-order chi connectivity index (χ0) is 12.2. The van der Waals surface area contributed by atoms with Crippen molar-refractivity contribution in [1.29, 1.82) is 0 Å². The highest BCUT2D eigenvalue weighted by Gasteiger charge is 2.33. The second-order valence-corrected chi connectivity index (χ2v) is 6.22. The summed E-state index contributed by atoms with van der Waals surface area (Å²) in [6.07, 6.45) is 1.15. The van der Waals surface area contributed by atoms with Gasteiger partial charge in [-0.2, -0.15) is 11.8 Å². The number of carbonyl (C=O) groups is 1. The summed E-state index contributed by atoms with van der Waals surface area (Å²) < 4.78 is 0. The van der Waals surface area contributed by atoms with E-state index >= 15 is 0 Å². The van der Waals surface area contributed by atoms with E-state index in [1.165, 1.54) is 0 Å². The van der Waals surface area contributed by atoms with E-state index in [9.17, 15) is 4.79 Å². The Kier molecular flexibility index (Phi) is 5.12. The molecule has 0 saturated carbocycles. The molecular weight excluding hydrogens is 220 g/mol. The van der Waals surface area contributed by atoms with Gasteiger partial charge in [-0.25, -0.2) is 0 Å². The van der Waals surface area contributed by atoms with Crippen LogP contribution in [0, 0.1) is 0 Å². The highest BCUT2D eigenvalue weighted by molar-refractivity contribution is 8.00. The summed E-state index contributed by atoms with van der Waals surface area (Å²) in [5.41, 5.74) is -0.422. The maximum atomic E-state index is 12.3. The Labute approximate surface area is 103 Å². The molecule has 0 radical (unpaired) electrons. The van der Waals surface area contributed by atoms with Gasteiger partial charge in [-0.3, -0.25) is 4.79 Å². The molecule has 0 bridgehead atoms. The zero-order valence-corrected chi connectivity index (χ0v) is 11.7. The fraction of sp³-hybridized carbons (Fsp3) is 0.917. The number of amides is 1. The van der Waals surface area contributed by atoms with Crippen LogP contribution in [0.3, 0.4) is 0 Å². The van der Waals surface area contributed by atoms with Gasteiger partial charge in [0.2, 0.25) is 5.91 Å². The van der Waals surface area contributed by atoms with E-state index in [0.29, 0.717) is 5.25 Å². The van der Waals surface area contributed by atoms with Gasteiger partial charge in [-0.15, -0.1) is 0 Å². The molecule has 1 aliphatic rings. The molecule has 1 unspecified atom stereocenters. The molecule has 1 rings (SSSR count). The Morgan fingerprint density at radius 1 is 1.50 bits per heavy atom. The van der Waals surface area contributed by atoms with Crippen LogP contribution < -0.4 is 5.32 Å². The molecule has 1 aliphatic heterocycles. The first-order chi connectivity index (χ1) is 7.51. The molecule has 0 aliphatic carbocycles. The van der Waals surface area contributed by atoms with Crippen LogP contribution in [0.5, 0.6) is 0 Å². The fourth-order valence-corrected chi connectivity index (χ4v) is 3.24. The monoisotopic (exact) mass is 244 g/mol. The Bertz CT molecular complexity index is 243. The summed E-state index contributed by atoms with van der Waals surface area (Å²) >= 11 is 1.99. The van der Waals surface area contributed by atoms with Crippen LogP contribution in [0.4, 0.5) is 0 Å². The lowest BCUT2D eigenvalue weighted by molar-refractivity contribution is -0.137. The molecule has 1 saturated heterocycles. The van der Waals surface area contributed by atoms with E-state index in [1.54, 1.807) is 0 Å². The predicted molar refractivity (Wildman–Crippen MR) is 70.9 cm³/mol. The first-order valence-corrected chi connectivity index (χ1v) is 7.22. The van der Waals surface area contributed by atoms with Crippen molar-refractivity contribution in [1.82, 2.24) is 10.2 Å². The number of hydrogen-bond donors (Lipinski definition) is 1. The van der Waals surface area contributed by atoms with E-state index < -0.39 is 5.54 Å². The van der Waals surface area contributed by atoms with E-state index in [4.69, 9.17) is 0 Å². The van der Waals surface area contributed by atoms with Crippen LogP contribution in [-0.2, 0) is 4.79 Å². The lowest BCUT2D eigenvalue weighted by atomic mass is 10.0. The Hall–Kier alpha value is -0.220. The quantitative estimate of drug-likeness (QED) is 0.817. The van der Waals surface area contributed by atoms with E-state index in [2.05, 4.69) is 12.2 Å². The molecule has 3 nitrogen and oxygen atoms in total. The number of nitrogens with zero attached hydrogens (tertiary/aromatic N) is 1. The first kappa shape index (κ1) is 13.8. The van der Waals surface area contributed by atoms with Crippen molar-refractivity contribution in [2.24, 2.45) is 0 Å². The van der Waals surface area contributed by atoms with Crippen molar-refractivity contribution in [3.63, 3.8) is 0 Å². The summed E-state index contributed by atoms with van der Waals surface area (Å²) in [6.45, 7) is 10.8. The van der Waals surface area contributed by atoms with E-state index in [-0.39, 0.29) is 5.91 Å². The van der Waals surface area contributed by atoms with Gasteiger partial charge in [0.15, 0.2) is 0 Å². The van der Waals surface area contributed by atoms with Crippen molar-refractivity contribution >= 4 is 17.7 Å². The van der Waals surface area contributed by atoms with Crippen LogP contribution in [0.15, 0.2) is 0 Å². The average molecular weight is 244 g/mol. The van der Waals surface area contributed by atoms with Gasteiger partial charge < -0.3 is 10.2 Å². The van der Waals surface area contributed by atoms with Crippen molar-refractivity contribution in [2.75, 3.05) is 25.4 Å². The molecule has 0 aromatic heterocycles. The molecule has 0 aromatic carbocycles. The van der Waals surface area contributed by atoms with Gasteiger partial charge in [0.25, 0.3) is 0 Å². The van der Waals surface area contributed by atoms with Crippen molar-refractivity contribution in [2.45, 2.75) is 44.9 Å². The van der Waals surface area contributed by atoms with Crippen molar-refractivity contribution in [3.05, 3.63) is 0 Å². The number of hydrogen-bond acceptors (Lipinski definition) is 3. The lowest BCUT2D eigenvalue weighted by Gasteiger charge is -2.37. The molecule has 1 heterocycles. The van der Waals surface area contributed by atoms with Gasteiger partial charge in [0.05, 0.1) is 5.54 Å². The van der Waals surface area contributed by atoms with Gasteiger partial charge in [-0.1, -0.05) is 13.8 Å². The summed E-state index contributed by atoms with van der Waals surface area (Å²) in [4.78, 5) is 14.3. The minimum absolute atomic E-state index is 0.244. The Morgan fingerprint density at radius 2 is 2.19 bits per heavy atom. The topological polar surface area (TPSA) is 32.3 Å².